The van der Waals surface area contributed by atoms with Gasteiger partial charge in [-0.2, -0.15) is 0 Å². The summed E-state index contributed by atoms with van der Waals surface area (Å²) in [4.78, 5) is 3.78. The number of rotatable bonds is 1. The number of hydrogen-bond acceptors (Lipinski definition) is 1. The van der Waals surface area contributed by atoms with Gasteiger partial charge in [-0.25, -0.2) is 0 Å². The van der Waals surface area contributed by atoms with E-state index in [1.807, 2.05) is 17.4 Å². The fourth-order valence-corrected chi connectivity index (χ4v) is 8.29. The number of benzene rings is 6. The van der Waals surface area contributed by atoms with Crippen molar-refractivity contribution in [2.45, 2.75) is 0 Å². The van der Waals surface area contributed by atoms with Crippen molar-refractivity contribution in [3.8, 4) is 5.69 Å². The molecule has 0 aliphatic carbocycles. The first kappa shape index (κ1) is 21.5. The van der Waals surface area contributed by atoms with Crippen LogP contribution in [0.4, 0.5) is 0 Å². The quantitative estimate of drug-likeness (QED) is 0.215. The molecule has 3 aromatic heterocycles. The van der Waals surface area contributed by atoms with E-state index in [-0.39, 0.29) is 0 Å². The zero-order valence-corrected chi connectivity index (χ0v) is 22.6. The van der Waals surface area contributed by atoms with E-state index in [1.165, 1.54) is 80.1 Å². The molecule has 1 N–H and O–H groups in total. The van der Waals surface area contributed by atoms with Gasteiger partial charge in [0, 0.05) is 47.1 Å². The Balaban J connectivity index is 1.43. The Morgan fingerprint density at radius 2 is 1.39 bits per heavy atom. The van der Waals surface area contributed by atoms with Crippen molar-refractivity contribution < 1.29 is 0 Å². The van der Waals surface area contributed by atoms with Gasteiger partial charge in [-0.15, -0.1) is 11.3 Å². The molecule has 0 unspecified atom stereocenters. The number of aromatic nitrogens is 2. The summed E-state index contributed by atoms with van der Waals surface area (Å²) in [6.07, 6.45) is 0. The molecule has 41 heavy (non-hydrogen) atoms. The minimum absolute atomic E-state index is 1.10. The molecule has 3 heterocycles. The number of thiophene rings is 1. The van der Waals surface area contributed by atoms with Crippen LogP contribution in [-0.2, 0) is 0 Å². The van der Waals surface area contributed by atoms with Crippen molar-refractivity contribution >= 4 is 96.7 Å². The third-order valence-corrected chi connectivity index (χ3v) is 9.93. The normalized spacial score (nSPS) is 12.2. The van der Waals surface area contributed by atoms with Gasteiger partial charge in [-0.3, -0.25) is 0 Å². The van der Waals surface area contributed by atoms with Crippen LogP contribution in [0.25, 0.3) is 91.0 Å². The van der Waals surface area contributed by atoms with E-state index < -0.39 is 0 Å². The molecule has 10 rings (SSSR count). The maximum absolute atomic E-state index is 3.78. The number of nitrogens with one attached hydrogen (secondary N) is 1. The lowest BCUT2D eigenvalue weighted by Gasteiger charge is -2.11. The molecule has 0 fully saturated rings. The van der Waals surface area contributed by atoms with Crippen molar-refractivity contribution in [1.29, 1.82) is 0 Å². The van der Waals surface area contributed by atoms with E-state index in [1.54, 1.807) is 0 Å². The zero-order chi connectivity index (χ0) is 26.7. The monoisotopic (exact) mass is 536 g/mol. The maximum atomic E-state index is 3.78. The third kappa shape index (κ3) is 2.72. The highest BCUT2D eigenvalue weighted by Gasteiger charge is 2.21. The molecule has 10 aromatic rings. The van der Waals surface area contributed by atoms with Crippen LogP contribution in [0, 0.1) is 12.1 Å². The molecule has 0 saturated carbocycles. The number of H-pyrrole nitrogens is 1. The number of fused-ring (bicyclic) bond motifs is 14. The number of hydrogen-bond donors (Lipinski definition) is 1. The summed E-state index contributed by atoms with van der Waals surface area (Å²) < 4.78 is 5.08. The Labute approximate surface area is 238 Å². The highest BCUT2D eigenvalue weighted by molar-refractivity contribution is 7.27. The van der Waals surface area contributed by atoms with E-state index in [2.05, 4.69) is 131 Å². The van der Waals surface area contributed by atoms with Gasteiger partial charge in [0.2, 0.25) is 0 Å². The molecule has 0 atom stereocenters. The standard InChI is InChI=1S/C38H20N2S/c1-2-12-23-22(10-1)11-9-19-31(23)40-32-18-8-6-13-24(32)28-20-29-34(21-33(28)40)41-38-26-15-4-3-14-25(26)35-27-16-5-7-17-30(27)39-37(35)36(29)38/h1-4,6-15,17-21,39H. The van der Waals surface area contributed by atoms with Gasteiger partial charge < -0.3 is 9.55 Å². The lowest BCUT2D eigenvalue weighted by atomic mass is 9.99. The first-order valence-electron chi connectivity index (χ1n) is 13.9. The van der Waals surface area contributed by atoms with Crippen LogP contribution in [0.5, 0.6) is 0 Å². The predicted octanol–water partition coefficient (Wildman–Crippen LogP) is 10.7. The lowest BCUT2D eigenvalue weighted by Crippen LogP contribution is -1.94. The topological polar surface area (TPSA) is 20.7 Å². The van der Waals surface area contributed by atoms with Crippen molar-refractivity contribution in [3.63, 3.8) is 0 Å². The summed E-state index contributed by atoms with van der Waals surface area (Å²) in [7, 11) is 0. The Hall–Kier alpha value is -5.30. The molecule has 0 aliphatic rings. The number of nitrogens with zero attached hydrogens (tertiary/aromatic N) is 1. The first-order valence-corrected chi connectivity index (χ1v) is 14.7. The van der Waals surface area contributed by atoms with Crippen LogP contribution in [0.3, 0.4) is 0 Å². The van der Waals surface area contributed by atoms with Crippen molar-refractivity contribution in [1.82, 2.24) is 9.55 Å². The molecular weight excluding hydrogens is 516 g/mol. The number of para-hydroxylation sites is 1. The molecule has 0 spiro atoms. The fourth-order valence-electron chi connectivity index (χ4n) is 7.03. The van der Waals surface area contributed by atoms with E-state index >= 15 is 0 Å². The number of aromatic amines is 1. The summed E-state index contributed by atoms with van der Waals surface area (Å²) in [5.41, 5.74) is 5.97. The van der Waals surface area contributed by atoms with Gasteiger partial charge in [0.15, 0.2) is 0 Å². The van der Waals surface area contributed by atoms with Crippen LogP contribution in [0.1, 0.15) is 0 Å². The average Bonchev–Trinajstić information content (AvgIpc) is 3.69. The first-order chi connectivity index (χ1) is 20.3. The van der Waals surface area contributed by atoms with Gasteiger partial charge in [0.25, 0.3) is 0 Å². The second-order valence-corrected chi connectivity index (χ2v) is 11.9. The SMILES string of the molecule is c1ccc2[nH]c3c(c2c#1)c1ccccc1c1sc2cc4c(cc2c31)c1ccccc1n4-c1cccc2ccccc12. The molecule has 0 amide bonds. The van der Waals surface area contributed by atoms with Crippen LogP contribution in [0.15, 0.2) is 115 Å². The average molecular weight is 537 g/mol. The van der Waals surface area contributed by atoms with Gasteiger partial charge in [-0.1, -0.05) is 91.0 Å². The second-order valence-electron chi connectivity index (χ2n) is 10.8. The minimum atomic E-state index is 1.10. The predicted molar refractivity (Wildman–Crippen MR) is 176 cm³/mol. The van der Waals surface area contributed by atoms with Gasteiger partial charge in [0.1, 0.15) is 0 Å². The lowest BCUT2D eigenvalue weighted by molar-refractivity contribution is 1.20. The third-order valence-electron chi connectivity index (χ3n) is 8.74. The van der Waals surface area contributed by atoms with Crippen molar-refractivity contribution in [2.24, 2.45) is 0 Å². The fraction of sp³-hybridized carbons (Fsp3) is 0. The summed E-state index contributed by atoms with van der Waals surface area (Å²) in [6, 6.07) is 48.4. The van der Waals surface area contributed by atoms with Crippen molar-refractivity contribution in [2.75, 3.05) is 0 Å². The Kier molecular flexibility index (Phi) is 4.02. The molecule has 0 radical (unpaired) electrons. The van der Waals surface area contributed by atoms with Gasteiger partial charge in [0.05, 0.1) is 33.1 Å². The van der Waals surface area contributed by atoms with Crippen LogP contribution in [0.2, 0.25) is 0 Å². The molecule has 188 valence electrons. The highest BCUT2D eigenvalue weighted by Crippen LogP contribution is 2.47. The van der Waals surface area contributed by atoms with Crippen LogP contribution >= 0.6 is 11.3 Å². The summed E-state index contributed by atoms with van der Waals surface area (Å²) in [6.45, 7) is 0. The molecule has 3 heteroatoms. The summed E-state index contributed by atoms with van der Waals surface area (Å²) >= 11 is 1.90. The Bertz CT molecular complexity index is 2700. The maximum Gasteiger partial charge on any atom is 0.0583 e. The van der Waals surface area contributed by atoms with Crippen molar-refractivity contribution in [3.05, 3.63) is 127 Å². The molecule has 2 nitrogen and oxygen atoms in total. The molecule has 0 saturated heterocycles. The van der Waals surface area contributed by atoms with E-state index in [0.29, 0.717) is 0 Å². The van der Waals surface area contributed by atoms with E-state index in [0.717, 1.165) is 10.9 Å². The smallest absolute Gasteiger partial charge is 0.0583 e. The molecule has 0 aliphatic heterocycles. The zero-order valence-electron chi connectivity index (χ0n) is 21.8. The summed E-state index contributed by atoms with van der Waals surface area (Å²) in [5.74, 6) is 0. The molecular formula is C38H20N2S. The minimum Gasteiger partial charge on any atom is -0.353 e. The van der Waals surface area contributed by atoms with Crippen LogP contribution < -0.4 is 0 Å². The molecule has 0 bridgehead atoms. The van der Waals surface area contributed by atoms with Gasteiger partial charge in [-0.05, 0) is 47.2 Å². The summed E-state index contributed by atoms with van der Waals surface area (Å²) in [5, 5.41) is 12.5. The van der Waals surface area contributed by atoms with Gasteiger partial charge >= 0.3 is 0 Å². The Morgan fingerprint density at radius 1 is 0.610 bits per heavy atom. The highest BCUT2D eigenvalue weighted by atomic mass is 32.1. The van der Waals surface area contributed by atoms with E-state index in [4.69, 9.17) is 0 Å². The largest absolute Gasteiger partial charge is 0.353 e. The van der Waals surface area contributed by atoms with E-state index in [9.17, 15) is 0 Å². The molecule has 7 aromatic carbocycles. The Morgan fingerprint density at radius 3 is 2.32 bits per heavy atom. The van der Waals surface area contributed by atoms with Crippen LogP contribution in [-0.4, -0.2) is 9.55 Å². The second kappa shape index (κ2) is 7.67.